The monoisotopic (exact) mass is 926 g/mol. The van der Waals surface area contributed by atoms with E-state index in [1.165, 1.54) is 6.07 Å². The van der Waals surface area contributed by atoms with Gasteiger partial charge in [0.25, 0.3) is 11.8 Å². The van der Waals surface area contributed by atoms with Crippen molar-refractivity contribution in [2.45, 2.75) is 75.5 Å². The molecule has 3 aromatic carbocycles. The maximum absolute atomic E-state index is 15.8. The van der Waals surface area contributed by atoms with Crippen LogP contribution in [0.1, 0.15) is 93.2 Å². The fraction of sp³-hybridized carbons (Fsp3) is 0.312. The number of aryl methyl sites for hydroxylation is 1. The zero-order valence-corrected chi connectivity index (χ0v) is 37.7. The molecule has 5 aliphatic rings. The number of ether oxygens (including phenoxy) is 2. The summed E-state index contributed by atoms with van der Waals surface area (Å²) in [7, 11) is 3.86. The lowest BCUT2D eigenvalue weighted by Crippen LogP contribution is -2.27. The van der Waals surface area contributed by atoms with Gasteiger partial charge in [-0.1, -0.05) is 6.07 Å². The second kappa shape index (κ2) is 15.3. The van der Waals surface area contributed by atoms with Crippen LogP contribution in [0.25, 0.3) is 34.2 Å². The highest BCUT2D eigenvalue weighted by Crippen LogP contribution is 2.60. The predicted octanol–water partition coefficient (Wildman–Crippen LogP) is 6.24. The first-order valence-corrected chi connectivity index (χ1v) is 22.9. The van der Waals surface area contributed by atoms with Gasteiger partial charge in [-0.15, -0.1) is 10.2 Å². The SMILES string of the molecule is Cc1cc(F)c(C(=O)Nc2cccc3c2O[C@]2(CC2c2cc(NC(=O)c4cc(-n5cnc(C6CC6)c5)c(N(C)C)cn4)c4c(c2)-c2nnnn2CCO4)Cn2nnnc2-3)cc1-n1cnc(C2CC2)c1. The van der Waals surface area contributed by atoms with Crippen molar-refractivity contribution in [3.05, 3.63) is 119 Å². The maximum atomic E-state index is 15.8. The van der Waals surface area contributed by atoms with Gasteiger partial charge in [0.2, 0.25) is 0 Å². The van der Waals surface area contributed by atoms with Gasteiger partial charge in [0.1, 0.15) is 23.7 Å². The second-order valence-electron chi connectivity index (χ2n) is 18.7. The van der Waals surface area contributed by atoms with Crippen LogP contribution in [0, 0.1) is 12.7 Å². The molecule has 2 amide bonds. The van der Waals surface area contributed by atoms with Crippen molar-refractivity contribution in [2.24, 2.45) is 0 Å². The number of anilines is 3. The molecule has 1 unspecified atom stereocenters. The van der Waals surface area contributed by atoms with Crippen LogP contribution in [0.5, 0.6) is 11.5 Å². The Morgan fingerprint density at radius 2 is 1.51 bits per heavy atom. The van der Waals surface area contributed by atoms with Gasteiger partial charge in [0.15, 0.2) is 23.1 Å². The van der Waals surface area contributed by atoms with E-state index in [0.717, 1.165) is 54.0 Å². The van der Waals surface area contributed by atoms with Gasteiger partial charge in [-0.25, -0.2) is 28.7 Å². The molecule has 3 saturated carbocycles. The normalized spacial score (nSPS) is 18.7. The van der Waals surface area contributed by atoms with E-state index < -0.39 is 23.2 Å². The van der Waals surface area contributed by atoms with Gasteiger partial charge in [-0.05, 0) is 107 Å². The molecule has 0 radical (unpaired) electrons. The number of nitrogens with one attached hydrogen (secondary N) is 2. The number of benzene rings is 3. The molecule has 13 rings (SSSR count). The number of imidazole rings is 2. The summed E-state index contributed by atoms with van der Waals surface area (Å²) in [6, 6.07) is 13.8. The van der Waals surface area contributed by atoms with E-state index in [1.54, 1.807) is 59.4 Å². The second-order valence-corrected chi connectivity index (χ2v) is 18.7. The molecule has 2 aliphatic heterocycles. The number of para-hydroxylation sites is 1. The van der Waals surface area contributed by atoms with Crippen molar-refractivity contribution in [3.8, 4) is 45.6 Å². The number of nitrogens with zero attached hydrogens (tertiary/aromatic N) is 14. The summed E-state index contributed by atoms with van der Waals surface area (Å²) in [6.07, 6.45) is 14.0. The van der Waals surface area contributed by atoms with Gasteiger partial charge >= 0.3 is 0 Å². The lowest BCUT2D eigenvalue weighted by atomic mass is 10.0. The van der Waals surface area contributed by atoms with Gasteiger partial charge < -0.3 is 34.1 Å². The molecule has 5 aromatic heterocycles. The number of tetrazole rings is 2. The van der Waals surface area contributed by atoms with Crippen molar-refractivity contribution < 1.29 is 23.5 Å². The van der Waals surface area contributed by atoms with Crippen molar-refractivity contribution in [1.29, 1.82) is 0 Å². The highest BCUT2D eigenvalue weighted by Gasteiger charge is 2.60. The molecule has 3 aliphatic carbocycles. The molecule has 0 bridgehead atoms. The van der Waals surface area contributed by atoms with Crippen LogP contribution >= 0.6 is 0 Å². The molecule has 2 atom stereocenters. The summed E-state index contributed by atoms with van der Waals surface area (Å²) >= 11 is 0. The number of aromatic nitrogens is 13. The predicted molar refractivity (Wildman–Crippen MR) is 247 cm³/mol. The molecule has 20 nitrogen and oxygen atoms in total. The molecular weight excluding hydrogens is 884 g/mol. The number of amides is 2. The minimum Gasteiger partial charge on any atom is -0.489 e. The van der Waals surface area contributed by atoms with Gasteiger partial charge in [0.05, 0.1) is 88.5 Å². The quantitative estimate of drug-likeness (QED) is 0.155. The summed E-state index contributed by atoms with van der Waals surface area (Å²) in [4.78, 5) is 44.3. The van der Waals surface area contributed by atoms with Crippen molar-refractivity contribution in [3.63, 3.8) is 0 Å². The van der Waals surface area contributed by atoms with E-state index in [0.29, 0.717) is 81.7 Å². The Morgan fingerprint density at radius 1 is 0.797 bits per heavy atom. The van der Waals surface area contributed by atoms with Crippen molar-refractivity contribution in [1.82, 2.24) is 64.5 Å². The van der Waals surface area contributed by atoms with E-state index >= 15 is 4.39 Å². The lowest BCUT2D eigenvalue weighted by molar-refractivity contribution is 0.101. The zero-order chi connectivity index (χ0) is 46.7. The Balaban J connectivity index is 0.845. The first-order valence-electron chi connectivity index (χ1n) is 22.9. The van der Waals surface area contributed by atoms with E-state index in [9.17, 15) is 9.59 Å². The van der Waals surface area contributed by atoms with Crippen LogP contribution in [0.15, 0.2) is 79.8 Å². The van der Waals surface area contributed by atoms with Gasteiger partial charge in [0, 0.05) is 50.7 Å². The van der Waals surface area contributed by atoms with E-state index in [-0.39, 0.29) is 30.3 Å². The van der Waals surface area contributed by atoms with Crippen molar-refractivity contribution >= 4 is 28.9 Å². The molecule has 7 heterocycles. The topological polar surface area (TPSA) is 216 Å². The lowest BCUT2D eigenvalue weighted by Gasteiger charge is -2.22. The number of rotatable bonds is 10. The summed E-state index contributed by atoms with van der Waals surface area (Å²) in [5, 5.41) is 31.4. The Morgan fingerprint density at radius 3 is 2.25 bits per heavy atom. The van der Waals surface area contributed by atoms with Gasteiger partial charge in [-0.2, -0.15) is 0 Å². The molecule has 8 aromatic rings. The Kier molecular flexibility index (Phi) is 9.09. The van der Waals surface area contributed by atoms with E-state index in [1.807, 2.05) is 58.7 Å². The Hall–Kier alpha value is -8.36. The maximum Gasteiger partial charge on any atom is 0.274 e. The van der Waals surface area contributed by atoms with E-state index in [4.69, 9.17) is 9.47 Å². The molecule has 21 heteroatoms. The molecule has 69 heavy (non-hydrogen) atoms. The minimum atomic E-state index is -0.936. The van der Waals surface area contributed by atoms with Crippen LogP contribution < -0.4 is 25.0 Å². The number of hydrogen-bond donors (Lipinski definition) is 2. The van der Waals surface area contributed by atoms with Crippen LogP contribution in [0.4, 0.5) is 21.5 Å². The molecule has 2 N–H and O–H groups in total. The zero-order valence-electron chi connectivity index (χ0n) is 37.7. The number of carbonyl (C=O) groups excluding carboxylic acids is 2. The third-order valence-electron chi connectivity index (χ3n) is 13.7. The highest BCUT2D eigenvalue weighted by atomic mass is 19.1. The fourth-order valence-corrected chi connectivity index (χ4v) is 9.68. The highest BCUT2D eigenvalue weighted by molar-refractivity contribution is 6.07. The van der Waals surface area contributed by atoms with Crippen LogP contribution in [-0.2, 0) is 13.1 Å². The number of pyridine rings is 1. The van der Waals surface area contributed by atoms with E-state index in [2.05, 4.69) is 56.6 Å². The first kappa shape index (κ1) is 40.9. The Bertz CT molecular complexity index is 3420. The summed E-state index contributed by atoms with van der Waals surface area (Å²) in [5.41, 5.74) is 6.65. The van der Waals surface area contributed by atoms with Crippen LogP contribution in [0.3, 0.4) is 0 Å². The summed E-state index contributed by atoms with van der Waals surface area (Å²) in [6.45, 7) is 2.68. The average molecular weight is 927 g/mol. The van der Waals surface area contributed by atoms with Gasteiger partial charge in [-0.3, -0.25) is 9.59 Å². The molecule has 1 spiro atoms. The molecule has 0 saturated heterocycles. The average Bonchev–Trinajstić information content (AvgIpc) is 4.30. The minimum absolute atomic E-state index is 0.138. The van der Waals surface area contributed by atoms with Crippen LogP contribution in [0.2, 0.25) is 0 Å². The number of fused-ring (bicyclic) bond motifs is 6. The third-order valence-corrected chi connectivity index (χ3v) is 13.7. The number of halogens is 1. The molecule has 3 fully saturated rings. The Labute approximate surface area is 392 Å². The van der Waals surface area contributed by atoms with Crippen LogP contribution in [-0.4, -0.2) is 103 Å². The largest absolute Gasteiger partial charge is 0.489 e. The van der Waals surface area contributed by atoms with Crippen molar-refractivity contribution in [2.75, 3.05) is 36.2 Å². The summed E-state index contributed by atoms with van der Waals surface area (Å²) < 4.78 is 36.3. The molecular formula is C48H43FN16O4. The third kappa shape index (κ3) is 7.05. The first-order chi connectivity index (χ1) is 33.6. The summed E-state index contributed by atoms with van der Waals surface area (Å²) in [5.74, 6) is 0.476. The number of hydrogen-bond acceptors (Lipinski definition) is 14. The standard InChI is InChI=1S/C48H43FN16O4/c1-25-13-33(49)30(16-39(25)62-20-37(51-23-62)26-7-8-26)46(66)53-34-6-4-5-29-43(34)69-48(22-65-44(29)55-58-60-65)18-32(48)28-14-31-42(68-12-11-64-45(31)56-57-59-64)35(15-28)54-47(67)36-17-40(41(19-50-36)61(2)3)63-21-38(52-24-63)27-9-10-27/h4-6,13-17,19-21,23-24,26-27,32H,7-12,18,22H2,1-3H3,(H,53,66)(H,54,67)/t32?,48-/m1/s1. The number of carbonyl (C=O) groups is 2. The smallest absolute Gasteiger partial charge is 0.274 e. The fourth-order valence-electron chi connectivity index (χ4n) is 9.68. The molecule has 346 valence electrons.